The van der Waals surface area contributed by atoms with Crippen LogP contribution in [0.25, 0.3) is 0 Å². The fourth-order valence-corrected chi connectivity index (χ4v) is 3.64. The number of hydrogen-bond acceptors (Lipinski definition) is 4. The Balaban J connectivity index is 1.42. The first-order chi connectivity index (χ1) is 12.5. The summed E-state index contributed by atoms with van der Waals surface area (Å²) in [4.78, 5) is 23.0. The Morgan fingerprint density at radius 1 is 1.15 bits per heavy atom. The van der Waals surface area contributed by atoms with Crippen LogP contribution in [-0.2, 0) is 11.2 Å². The van der Waals surface area contributed by atoms with Gasteiger partial charge in [0.15, 0.2) is 11.5 Å². The number of hydrogen-bond donors (Lipinski definition) is 3. The van der Waals surface area contributed by atoms with Gasteiger partial charge in [-0.25, -0.2) is 4.79 Å². The maximum Gasteiger partial charge on any atom is 0.315 e. The Morgan fingerprint density at radius 3 is 2.62 bits per heavy atom. The first-order valence-electron chi connectivity index (χ1n) is 8.88. The molecule has 2 amide bonds. The van der Waals surface area contributed by atoms with E-state index in [1.165, 1.54) is 0 Å². The first kappa shape index (κ1) is 18.6. The number of ether oxygens (including phenoxy) is 2. The molecule has 3 N–H and O–H groups in total. The molecule has 0 bridgehead atoms. The fraction of sp³-hybridized carbons (Fsp3) is 0.556. The van der Waals surface area contributed by atoms with Crippen molar-refractivity contribution in [2.75, 3.05) is 19.8 Å². The van der Waals surface area contributed by atoms with Gasteiger partial charge in [-0.15, -0.1) is 0 Å². The zero-order valence-electron chi connectivity index (χ0n) is 14.4. The third-order valence-electron chi connectivity index (χ3n) is 4.77. The Labute approximate surface area is 157 Å². The smallest absolute Gasteiger partial charge is 0.315 e. The van der Waals surface area contributed by atoms with Gasteiger partial charge >= 0.3 is 12.0 Å². The number of carbonyl (C=O) groups excluding carboxylic acids is 1. The Kier molecular flexibility index (Phi) is 6.08. The van der Waals surface area contributed by atoms with Gasteiger partial charge in [-0.05, 0) is 49.8 Å². The van der Waals surface area contributed by atoms with Crippen molar-refractivity contribution in [3.05, 3.63) is 22.7 Å². The SMILES string of the molecule is O=C(NCCc1cc(Cl)c2c(c1)OCCO2)NC1CCC(C(=O)O)CC1. The van der Waals surface area contributed by atoms with Gasteiger partial charge < -0.3 is 25.2 Å². The van der Waals surface area contributed by atoms with Gasteiger partial charge in [-0.1, -0.05) is 11.6 Å². The van der Waals surface area contributed by atoms with Gasteiger partial charge in [-0.2, -0.15) is 0 Å². The van der Waals surface area contributed by atoms with Crippen molar-refractivity contribution in [2.45, 2.75) is 38.1 Å². The summed E-state index contributed by atoms with van der Waals surface area (Å²) < 4.78 is 11.0. The van der Waals surface area contributed by atoms with E-state index in [0.29, 0.717) is 68.4 Å². The van der Waals surface area contributed by atoms with Gasteiger partial charge in [0.25, 0.3) is 0 Å². The highest BCUT2D eigenvalue weighted by Crippen LogP contribution is 2.38. The summed E-state index contributed by atoms with van der Waals surface area (Å²) in [6, 6.07) is 3.51. The van der Waals surface area contributed by atoms with E-state index >= 15 is 0 Å². The zero-order chi connectivity index (χ0) is 18.5. The molecule has 26 heavy (non-hydrogen) atoms. The van der Waals surface area contributed by atoms with E-state index in [-0.39, 0.29) is 18.0 Å². The molecule has 0 aromatic heterocycles. The molecule has 1 aliphatic carbocycles. The quantitative estimate of drug-likeness (QED) is 0.727. The lowest BCUT2D eigenvalue weighted by Gasteiger charge is -2.26. The van der Waals surface area contributed by atoms with E-state index in [9.17, 15) is 9.59 Å². The van der Waals surface area contributed by atoms with Crippen molar-refractivity contribution >= 4 is 23.6 Å². The number of benzene rings is 1. The van der Waals surface area contributed by atoms with Crippen molar-refractivity contribution in [1.29, 1.82) is 0 Å². The maximum absolute atomic E-state index is 12.0. The minimum atomic E-state index is -0.744. The molecule has 1 aromatic rings. The summed E-state index contributed by atoms with van der Waals surface area (Å²) >= 11 is 6.21. The van der Waals surface area contributed by atoms with Crippen LogP contribution in [0.15, 0.2) is 12.1 Å². The summed E-state index contributed by atoms with van der Waals surface area (Å²) in [5.41, 5.74) is 0.960. The molecule has 1 aromatic carbocycles. The van der Waals surface area contributed by atoms with E-state index in [1.807, 2.05) is 12.1 Å². The van der Waals surface area contributed by atoms with Gasteiger partial charge in [0.1, 0.15) is 13.2 Å². The zero-order valence-corrected chi connectivity index (χ0v) is 15.2. The molecule has 1 aliphatic heterocycles. The van der Waals surface area contributed by atoms with Crippen LogP contribution in [0.2, 0.25) is 5.02 Å². The molecule has 0 atom stereocenters. The number of urea groups is 1. The van der Waals surface area contributed by atoms with Crippen LogP contribution < -0.4 is 20.1 Å². The van der Waals surface area contributed by atoms with E-state index < -0.39 is 5.97 Å². The van der Waals surface area contributed by atoms with Crippen LogP contribution in [-0.4, -0.2) is 42.9 Å². The predicted molar refractivity (Wildman–Crippen MR) is 96.1 cm³/mol. The Morgan fingerprint density at radius 2 is 1.88 bits per heavy atom. The van der Waals surface area contributed by atoms with Crippen molar-refractivity contribution < 1.29 is 24.2 Å². The number of fused-ring (bicyclic) bond motifs is 1. The molecule has 8 heteroatoms. The van der Waals surface area contributed by atoms with Crippen LogP contribution >= 0.6 is 11.6 Å². The van der Waals surface area contributed by atoms with Crippen LogP contribution in [0.3, 0.4) is 0 Å². The van der Waals surface area contributed by atoms with Crippen molar-refractivity contribution in [3.63, 3.8) is 0 Å². The van der Waals surface area contributed by atoms with Gasteiger partial charge in [0.05, 0.1) is 10.9 Å². The van der Waals surface area contributed by atoms with Crippen LogP contribution in [0.1, 0.15) is 31.2 Å². The Hall–Kier alpha value is -2.15. The minimum absolute atomic E-state index is 0.0364. The second-order valence-corrected chi connectivity index (χ2v) is 7.05. The van der Waals surface area contributed by atoms with E-state index in [4.69, 9.17) is 26.2 Å². The number of amides is 2. The van der Waals surface area contributed by atoms with E-state index in [2.05, 4.69) is 10.6 Å². The summed E-state index contributed by atoms with van der Waals surface area (Å²) in [5.74, 6) is 0.185. The average molecular weight is 383 g/mol. The van der Waals surface area contributed by atoms with E-state index in [1.54, 1.807) is 0 Å². The summed E-state index contributed by atoms with van der Waals surface area (Å²) in [5, 5.41) is 15.3. The van der Waals surface area contributed by atoms with Gasteiger partial charge in [-0.3, -0.25) is 4.79 Å². The lowest BCUT2D eigenvalue weighted by molar-refractivity contribution is -0.142. The predicted octanol–water partition coefficient (Wildman–Crippen LogP) is 2.60. The molecule has 2 aliphatic rings. The standard InChI is InChI=1S/C18H23ClN2O5/c19-14-9-11(10-15-16(14)26-8-7-25-15)5-6-20-18(24)21-13-3-1-12(2-4-13)17(22)23/h9-10,12-13H,1-8H2,(H,22,23)(H2,20,21,24). The monoisotopic (exact) mass is 382 g/mol. The molecule has 0 unspecified atom stereocenters. The molecular weight excluding hydrogens is 360 g/mol. The number of nitrogens with one attached hydrogen (secondary N) is 2. The largest absolute Gasteiger partial charge is 0.486 e. The lowest BCUT2D eigenvalue weighted by Crippen LogP contribution is -2.44. The second kappa shape index (κ2) is 8.49. The molecule has 1 saturated carbocycles. The molecule has 0 spiro atoms. The number of carbonyl (C=O) groups is 2. The normalized spacial score (nSPS) is 21.7. The highest BCUT2D eigenvalue weighted by atomic mass is 35.5. The Bertz CT molecular complexity index is 674. The van der Waals surface area contributed by atoms with E-state index in [0.717, 1.165) is 5.56 Å². The molecule has 0 saturated heterocycles. The fourth-order valence-electron chi connectivity index (χ4n) is 3.35. The highest BCUT2D eigenvalue weighted by Gasteiger charge is 2.26. The minimum Gasteiger partial charge on any atom is -0.486 e. The average Bonchev–Trinajstić information content (AvgIpc) is 2.62. The highest BCUT2D eigenvalue weighted by molar-refractivity contribution is 6.32. The number of halogens is 1. The van der Waals surface area contributed by atoms with Crippen molar-refractivity contribution in [2.24, 2.45) is 5.92 Å². The number of aliphatic carboxylic acids is 1. The topological polar surface area (TPSA) is 96.9 Å². The van der Waals surface area contributed by atoms with Crippen molar-refractivity contribution in [1.82, 2.24) is 10.6 Å². The van der Waals surface area contributed by atoms with Gasteiger partial charge in [0.2, 0.25) is 0 Å². The molecule has 142 valence electrons. The first-order valence-corrected chi connectivity index (χ1v) is 9.26. The maximum atomic E-state index is 12.0. The molecule has 1 fully saturated rings. The van der Waals surface area contributed by atoms with Crippen LogP contribution in [0, 0.1) is 5.92 Å². The molecule has 0 radical (unpaired) electrons. The molecular formula is C18H23ClN2O5. The second-order valence-electron chi connectivity index (χ2n) is 6.64. The van der Waals surface area contributed by atoms with Crippen LogP contribution in [0.4, 0.5) is 4.79 Å². The molecule has 1 heterocycles. The molecule has 3 rings (SSSR count). The number of carboxylic acids is 1. The summed E-state index contributed by atoms with van der Waals surface area (Å²) in [6.45, 7) is 1.45. The van der Waals surface area contributed by atoms with Crippen LogP contribution in [0.5, 0.6) is 11.5 Å². The third-order valence-corrected chi connectivity index (χ3v) is 5.05. The summed E-state index contributed by atoms with van der Waals surface area (Å²) in [6.07, 6.45) is 3.23. The van der Waals surface area contributed by atoms with Crippen molar-refractivity contribution in [3.8, 4) is 11.5 Å². The summed E-state index contributed by atoms with van der Waals surface area (Å²) in [7, 11) is 0. The lowest BCUT2D eigenvalue weighted by atomic mass is 9.86. The van der Waals surface area contributed by atoms with Gasteiger partial charge in [0, 0.05) is 12.6 Å². The number of rotatable bonds is 5. The molecule has 7 nitrogen and oxygen atoms in total. The third kappa shape index (κ3) is 4.72. The number of carboxylic acid groups (broad SMARTS) is 1.